The number of aliphatic hydroxyl groups excluding tert-OH is 1. The van der Waals surface area contributed by atoms with Gasteiger partial charge in [-0.05, 0) is 23.8 Å². The van der Waals surface area contributed by atoms with Gasteiger partial charge in [0.1, 0.15) is 11.9 Å². The van der Waals surface area contributed by atoms with Gasteiger partial charge < -0.3 is 5.11 Å². The molecule has 2 rings (SSSR count). The van der Waals surface area contributed by atoms with Crippen LogP contribution in [0.4, 0.5) is 4.39 Å². The Bertz CT molecular complexity index is 545. The molecule has 0 heterocycles. The fraction of sp³-hybridized carbons (Fsp3) is 0.0769. The summed E-state index contributed by atoms with van der Waals surface area (Å²) >= 11 is 9.12. The summed E-state index contributed by atoms with van der Waals surface area (Å²) in [5.74, 6) is -0.429. The molecule has 0 aromatic heterocycles. The third-order valence-corrected chi connectivity index (χ3v) is 3.38. The van der Waals surface area contributed by atoms with Gasteiger partial charge in [-0.2, -0.15) is 0 Å². The van der Waals surface area contributed by atoms with Crippen molar-refractivity contribution >= 4 is 27.5 Å². The average molecular weight is 316 g/mol. The maximum atomic E-state index is 13.5. The molecular formula is C13H9BrClFO. The maximum absolute atomic E-state index is 13.5. The summed E-state index contributed by atoms with van der Waals surface area (Å²) in [6.07, 6.45) is -1.01. The SMILES string of the molecule is OC(c1ccccc1F)c1ccc(Cl)cc1Br. The Morgan fingerprint density at radius 3 is 2.47 bits per heavy atom. The van der Waals surface area contributed by atoms with Gasteiger partial charge in [-0.25, -0.2) is 4.39 Å². The van der Waals surface area contributed by atoms with E-state index < -0.39 is 11.9 Å². The van der Waals surface area contributed by atoms with Gasteiger partial charge in [-0.1, -0.05) is 51.8 Å². The molecule has 0 fully saturated rings. The van der Waals surface area contributed by atoms with Crippen LogP contribution in [-0.2, 0) is 0 Å². The monoisotopic (exact) mass is 314 g/mol. The zero-order valence-corrected chi connectivity index (χ0v) is 11.0. The van der Waals surface area contributed by atoms with Crippen molar-refractivity contribution in [3.8, 4) is 0 Å². The molecule has 2 aromatic rings. The highest BCUT2D eigenvalue weighted by atomic mass is 79.9. The van der Waals surface area contributed by atoms with Gasteiger partial charge in [0.2, 0.25) is 0 Å². The minimum atomic E-state index is -1.01. The van der Waals surface area contributed by atoms with E-state index in [4.69, 9.17) is 11.6 Å². The van der Waals surface area contributed by atoms with Gasteiger partial charge in [-0.15, -0.1) is 0 Å². The number of rotatable bonds is 2. The standard InChI is InChI=1S/C13H9BrClFO/c14-11-7-8(15)5-6-9(11)13(17)10-3-1-2-4-12(10)16/h1-7,13,17H. The van der Waals surface area contributed by atoms with E-state index in [0.717, 1.165) is 0 Å². The van der Waals surface area contributed by atoms with Crippen LogP contribution in [0.25, 0.3) is 0 Å². The highest BCUT2D eigenvalue weighted by molar-refractivity contribution is 9.10. The fourth-order valence-electron chi connectivity index (χ4n) is 1.59. The zero-order chi connectivity index (χ0) is 12.4. The summed E-state index contributed by atoms with van der Waals surface area (Å²) in [6.45, 7) is 0. The second-order valence-electron chi connectivity index (χ2n) is 3.59. The highest BCUT2D eigenvalue weighted by Crippen LogP contribution is 2.31. The van der Waals surface area contributed by atoms with Crippen LogP contribution in [0.1, 0.15) is 17.2 Å². The first-order valence-corrected chi connectivity index (χ1v) is 6.14. The summed E-state index contributed by atoms with van der Waals surface area (Å²) in [4.78, 5) is 0. The van der Waals surface area contributed by atoms with E-state index in [-0.39, 0.29) is 5.56 Å². The van der Waals surface area contributed by atoms with E-state index in [1.807, 2.05) is 0 Å². The normalized spacial score (nSPS) is 12.5. The van der Waals surface area contributed by atoms with Crippen molar-refractivity contribution in [2.24, 2.45) is 0 Å². The van der Waals surface area contributed by atoms with Crippen LogP contribution in [-0.4, -0.2) is 5.11 Å². The molecule has 0 amide bonds. The van der Waals surface area contributed by atoms with Gasteiger partial charge >= 0.3 is 0 Å². The van der Waals surface area contributed by atoms with E-state index in [9.17, 15) is 9.50 Å². The third kappa shape index (κ3) is 2.68. The minimum Gasteiger partial charge on any atom is -0.384 e. The first kappa shape index (κ1) is 12.6. The van der Waals surface area contributed by atoms with E-state index in [1.54, 1.807) is 36.4 Å². The van der Waals surface area contributed by atoms with Crippen LogP contribution >= 0.6 is 27.5 Å². The average Bonchev–Trinajstić information content (AvgIpc) is 2.29. The molecule has 1 N–H and O–H groups in total. The predicted octanol–water partition coefficient (Wildman–Crippen LogP) is 4.32. The molecule has 0 bridgehead atoms. The Morgan fingerprint density at radius 1 is 1.12 bits per heavy atom. The van der Waals surface area contributed by atoms with Crippen molar-refractivity contribution < 1.29 is 9.50 Å². The molecule has 88 valence electrons. The Morgan fingerprint density at radius 2 is 1.82 bits per heavy atom. The number of hydrogen-bond acceptors (Lipinski definition) is 1. The van der Waals surface area contributed by atoms with Crippen LogP contribution in [0.15, 0.2) is 46.9 Å². The molecule has 0 aliphatic rings. The Labute approximate surface area is 112 Å². The smallest absolute Gasteiger partial charge is 0.129 e. The van der Waals surface area contributed by atoms with Crippen molar-refractivity contribution in [3.05, 3.63) is 68.9 Å². The molecule has 1 nitrogen and oxygen atoms in total. The molecule has 0 radical (unpaired) electrons. The number of benzene rings is 2. The number of halogens is 3. The lowest BCUT2D eigenvalue weighted by Gasteiger charge is -2.14. The fourth-order valence-corrected chi connectivity index (χ4v) is 2.49. The van der Waals surface area contributed by atoms with Crippen LogP contribution in [0, 0.1) is 5.82 Å². The van der Waals surface area contributed by atoms with E-state index in [2.05, 4.69) is 15.9 Å². The largest absolute Gasteiger partial charge is 0.384 e. The van der Waals surface area contributed by atoms with E-state index in [1.165, 1.54) is 6.07 Å². The molecule has 0 aliphatic heterocycles. The second kappa shape index (κ2) is 5.17. The first-order valence-electron chi connectivity index (χ1n) is 4.97. The lowest BCUT2D eigenvalue weighted by atomic mass is 10.0. The molecule has 2 aromatic carbocycles. The summed E-state index contributed by atoms with van der Waals surface area (Å²) in [5.41, 5.74) is 0.829. The van der Waals surface area contributed by atoms with Crippen molar-refractivity contribution in [3.63, 3.8) is 0 Å². The van der Waals surface area contributed by atoms with Crippen molar-refractivity contribution in [1.82, 2.24) is 0 Å². The van der Waals surface area contributed by atoms with Gasteiger partial charge in [0.05, 0.1) is 0 Å². The highest BCUT2D eigenvalue weighted by Gasteiger charge is 2.16. The van der Waals surface area contributed by atoms with Crippen LogP contribution < -0.4 is 0 Å². The second-order valence-corrected chi connectivity index (χ2v) is 4.88. The Balaban J connectivity index is 2.44. The van der Waals surface area contributed by atoms with Gasteiger partial charge in [0, 0.05) is 15.1 Å². The number of aliphatic hydroxyl groups is 1. The molecule has 0 aliphatic carbocycles. The van der Waals surface area contributed by atoms with Crippen molar-refractivity contribution in [2.75, 3.05) is 0 Å². The Hall–Kier alpha value is -0.900. The van der Waals surface area contributed by atoms with E-state index in [0.29, 0.717) is 15.1 Å². The Kier molecular flexibility index (Phi) is 3.82. The lowest BCUT2D eigenvalue weighted by molar-refractivity contribution is 0.214. The van der Waals surface area contributed by atoms with Gasteiger partial charge in [-0.3, -0.25) is 0 Å². The van der Waals surface area contributed by atoms with Crippen molar-refractivity contribution in [1.29, 1.82) is 0 Å². The molecular weight excluding hydrogens is 306 g/mol. The maximum Gasteiger partial charge on any atom is 0.129 e. The molecule has 0 saturated carbocycles. The molecule has 0 spiro atoms. The van der Waals surface area contributed by atoms with Crippen LogP contribution in [0.2, 0.25) is 5.02 Å². The molecule has 0 saturated heterocycles. The third-order valence-electron chi connectivity index (χ3n) is 2.46. The predicted molar refractivity (Wildman–Crippen MR) is 69.6 cm³/mol. The first-order chi connectivity index (χ1) is 8.09. The zero-order valence-electron chi connectivity index (χ0n) is 8.70. The van der Waals surface area contributed by atoms with E-state index >= 15 is 0 Å². The van der Waals surface area contributed by atoms with Crippen molar-refractivity contribution in [2.45, 2.75) is 6.10 Å². The summed E-state index contributed by atoms with van der Waals surface area (Å²) in [6, 6.07) is 11.1. The molecule has 17 heavy (non-hydrogen) atoms. The lowest BCUT2D eigenvalue weighted by Crippen LogP contribution is -2.03. The molecule has 1 unspecified atom stereocenters. The molecule has 4 heteroatoms. The topological polar surface area (TPSA) is 20.2 Å². The summed E-state index contributed by atoms with van der Waals surface area (Å²) in [7, 11) is 0. The van der Waals surface area contributed by atoms with Crippen LogP contribution in [0.3, 0.4) is 0 Å². The quantitative estimate of drug-likeness (QED) is 0.875. The minimum absolute atomic E-state index is 0.246. The number of hydrogen-bond donors (Lipinski definition) is 1. The van der Waals surface area contributed by atoms with Crippen LogP contribution in [0.5, 0.6) is 0 Å². The summed E-state index contributed by atoms with van der Waals surface area (Å²) < 4.78 is 14.2. The molecule has 1 atom stereocenters. The van der Waals surface area contributed by atoms with Gasteiger partial charge in [0.15, 0.2) is 0 Å². The van der Waals surface area contributed by atoms with Gasteiger partial charge in [0.25, 0.3) is 0 Å². The summed E-state index contributed by atoms with van der Waals surface area (Å²) in [5, 5.41) is 10.7.